The van der Waals surface area contributed by atoms with Crippen molar-refractivity contribution in [3.8, 4) is 11.5 Å². The van der Waals surface area contributed by atoms with Crippen LogP contribution in [0.2, 0.25) is 0 Å². The number of anilines is 1. The van der Waals surface area contributed by atoms with Crippen LogP contribution in [0.5, 0.6) is 11.5 Å². The van der Waals surface area contributed by atoms with Crippen molar-refractivity contribution in [2.24, 2.45) is 0 Å². The van der Waals surface area contributed by atoms with Crippen LogP contribution in [0.4, 0.5) is 5.69 Å². The first-order valence-corrected chi connectivity index (χ1v) is 13.0. The average molecular weight is 428 g/mol. The Morgan fingerprint density at radius 3 is 1.66 bits per heavy atom. The van der Waals surface area contributed by atoms with Crippen molar-refractivity contribution in [1.29, 1.82) is 0 Å². The van der Waals surface area contributed by atoms with Crippen LogP contribution in [0.1, 0.15) is 102 Å². The quantitative estimate of drug-likeness (QED) is 0.148. The van der Waals surface area contributed by atoms with Crippen molar-refractivity contribution in [3.05, 3.63) is 17.7 Å². The highest BCUT2D eigenvalue weighted by Crippen LogP contribution is 2.31. The molecule has 0 aliphatic heterocycles. The summed E-state index contributed by atoms with van der Waals surface area (Å²) in [6.07, 6.45) is 17.1. The fourth-order valence-corrected chi connectivity index (χ4v) is 4.65. The maximum absolute atomic E-state index is 12.2. The van der Waals surface area contributed by atoms with Gasteiger partial charge in [-0.05, 0) is 25.0 Å². The zero-order valence-electron chi connectivity index (χ0n) is 18.4. The number of benzene rings is 1. The summed E-state index contributed by atoms with van der Waals surface area (Å²) in [7, 11) is -3.52. The first-order valence-electron chi connectivity index (χ1n) is 11.4. The minimum Gasteiger partial charge on any atom is -0.508 e. The smallest absolute Gasteiger partial charge is 0.232 e. The van der Waals surface area contributed by atoms with Gasteiger partial charge in [-0.15, -0.1) is 0 Å². The summed E-state index contributed by atoms with van der Waals surface area (Å²) in [6.45, 7) is 3.89. The molecule has 0 atom stereocenters. The lowest BCUT2D eigenvalue weighted by Crippen LogP contribution is -2.16. The van der Waals surface area contributed by atoms with E-state index >= 15 is 0 Å². The first-order chi connectivity index (χ1) is 13.9. The van der Waals surface area contributed by atoms with Gasteiger partial charge in [0.2, 0.25) is 10.0 Å². The summed E-state index contributed by atoms with van der Waals surface area (Å²) < 4.78 is 26.7. The number of nitrogens with one attached hydrogen (secondary N) is 1. The van der Waals surface area contributed by atoms with Crippen LogP contribution in [0.15, 0.2) is 12.1 Å². The van der Waals surface area contributed by atoms with Crippen molar-refractivity contribution in [2.75, 3.05) is 10.5 Å². The van der Waals surface area contributed by atoms with Crippen LogP contribution in [0.3, 0.4) is 0 Å². The van der Waals surface area contributed by atoms with Crippen LogP contribution in [-0.4, -0.2) is 24.4 Å². The van der Waals surface area contributed by atoms with Gasteiger partial charge in [0.05, 0.1) is 11.4 Å². The van der Waals surface area contributed by atoms with E-state index in [1.54, 1.807) is 6.92 Å². The second kappa shape index (κ2) is 14.5. The molecule has 0 aliphatic rings. The highest BCUT2D eigenvalue weighted by atomic mass is 32.2. The minimum absolute atomic E-state index is 0.0264. The molecule has 0 aliphatic carbocycles. The SMILES string of the molecule is CCCCCCCCCCCCCCCCS(=O)(=O)Nc1cc(O)c(C)cc1O. The molecule has 6 heteroatoms. The Kier molecular flexibility index (Phi) is 12.8. The molecular formula is C23H41NO4S. The first kappa shape index (κ1) is 25.6. The molecule has 0 aromatic heterocycles. The zero-order valence-corrected chi connectivity index (χ0v) is 19.2. The van der Waals surface area contributed by atoms with E-state index in [1.807, 2.05) is 0 Å². The second-order valence-electron chi connectivity index (χ2n) is 8.17. The summed E-state index contributed by atoms with van der Waals surface area (Å²) >= 11 is 0. The summed E-state index contributed by atoms with van der Waals surface area (Å²) in [5.74, 6) is -0.194. The number of sulfonamides is 1. The van der Waals surface area contributed by atoms with Crippen molar-refractivity contribution in [1.82, 2.24) is 0 Å². The topological polar surface area (TPSA) is 86.6 Å². The van der Waals surface area contributed by atoms with E-state index in [0.717, 1.165) is 19.3 Å². The molecule has 0 fully saturated rings. The molecule has 29 heavy (non-hydrogen) atoms. The molecule has 0 radical (unpaired) electrons. The van der Waals surface area contributed by atoms with Gasteiger partial charge >= 0.3 is 0 Å². The number of rotatable bonds is 17. The molecule has 3 N–H and O–H groups in total. The Morgan fingerprint density at radius 2 is 1.17 bits per heavy atom. The van der Waals surface area contributed by atoms with Gasteiger partial charge in [-0.3, -0.25) is 4.72 Å². The Bertz CT molecular complexity index is 674. The van der Waals surface area contributed by atoms with Gasteiger partial charge < -0.3 is 10.2 Å². The Morgan fingerprint density at radius 1 is 0.724 bits per heavy atom. The van der Waals surface area contributed by atoms with Crippen molar-refractivity contribution >= 4 is 15.7 Å². The van der Waals surface area contributed by atoms with Gasteiger partial charge in [0.15, 0.2) is 0 Å². The number of phenols is 2. The molecule has 168 valence electrons. The second-order valence-corrected chi connectivity index (χ2v) is 10.0. The minimum atomic E-state index is -3.52. The standard InChI is InChI=1S/C23H41NO4S/c1-3-4-5-6-7-8-9-10-11-12-13-14-15-16-17-29(27,28)24-21-19-22(25)20(2)18-23(21)26/h18-19,24-26H,3-17H2,1-2H3. The van der Waals surface area contributed by atoms with E-state index in [0.29, 0.717) is 12.0 Å². The van der Waals surface area contributed by atoms with E-state index in [2.05, 4.69) is 11.6 Å². The van der Waals surface area contributed by atoms with Crippen LogP contribution in [-0.2, 0) is 10.0 Å². The molecule has 0 saturated heterocycles. The van der Waals surface area contributed by atoms with Crippen LogP contribution < -0.4 is 4.72 Å². The van der Waals surface area contributed by atoms with E-state index < -0.39 is 10.0 Å². The lowest BCUT2D eigenvalue weighted by molar-refractivity contribution is 0.458. The van der Waals surface area contributed by atoms with E-state index in [1.165, 1.54) is 76.3 Å². The molecular weight excluding hydrogens is 386 g/mol. The third-order valence-electron chi connectivity index (χ3n) is 5.35. The van der Waals surface area contributed by atoms with Gasteiger partial charge in [-0.1, -0.05) is 90.4 Å². The maximum atomic E-state index is 12.2. The van der Waals surface area contributed by atoms with Gasteiger partial charge in [0.1, 0.15) is 11.5 Å². The number of hydrogen-bond donors (Lipinski definition) is 3. The number of hydrogen-bond acceptors (Lipinski definition) is 4. The van der Waals surface area contributed by atoms with Gasteiger partial charge in [0.25, 0.3) is 0 Å². The molecule has 0 saturated carbocycles. The Balaban J connectivity index is 2.05. The lowest BCUT2D eigenvalue weighted by Gasteiger charge is -2.11. The molecule has 0 unspecified atom stereocenters. The van der Waals surface area contributed by atoms with Crippen LogP contribution >= 0.6 is 0 Å². The van der Waals surface area contributed by atoms with E-state index in [-0.39, 0.29) is 22.9 Å². The average Bonchev–Trinajstić information content (AvgIpc) is 2.66. The molecule has 1 aromatic rings. The highest BCUT2D eigenvalue weighted by Gasteiger charge is 2.14. The van der Waals surface area contributed by atoms with Crippen LogP contribution in [0, 0.1) is 6.92 Å². The summed E-state index contributed by atoms with van der Waals surface area (Å²) in [6, 6.07) is 2.59. The predicted molar refractivity (Wildman–Crippen MR) is 122 cm³/mol. The third kappa shape index (κ3) is 12.0. The fraction of sp³-hybridized carbons (Fsp3) is 0.739. The van der Waals surface area contributed by atoms with E-state index in [4.69, 9.17) is 0 Å². The van der Waals surface area contributed by atoms with E-state index in [9.17, 15) is 18.6 Å². The molecule has 1 aromatic carbocycles. The molecule has 1 rings (SSSR count). The van der Waals surface area contributed by atoms with Crippen molar-refractivity contribution in [2.45, 2.75) is 104 Å². The van der Waals surface area contributed by atoms with Crippen molar-refractivity contribution in [3.63, 3.8) is 0 Å². The molecule has 0 bridgehead atoms. The molecule has 0 heterocycles. The molecule has 0 spiro atoms. The van der Waals surface area contributed by atoms with Gasteiger partial charge in [0, 0.05) is 6.07 Å². The Labute approximate surface area is 178 Å². The Hall–Kier alpha value is -1.43. The van der Waals surface area contributed by atoms with Gasteiger partial charge in [-0.25, -0.2) is 8.42 Å². The molecule has 5 nitrogen and oxygen atoms in total. The summed E-state index contributed by atoms with van der Waals surface area (Å²) in [4.78, 5) is 0. The summed E-state index contributed by atoms with van der Waals surface area (Å²) in [5.41, 5.74) is 0.524. The monoisotopic (exact) mass is 427 g/mol. The highest BCUT2D eigenvalue weighted by molar-refractivity contribution is 7.92. The largest absolute Gasteiger partial charge is 0.508 e. The normalized spacial score (nSPS) is 11.7. The maximum Gasteiger partial charge on any atom is 0.232 e. The molecule has 0 amide bonds. The van der Waals surface area contributed by atoms with Crippen molar-refractivity contribution < 1.29 is 18.6 Å². The number of phenolic OH excluding ortho intramolecular Hbond substituents is 2. The summed E-state index contributed by atoms with van der Waals surface area (Å²) in [5, 5.41) is 19.5. The van der Waals surface area contributed by atoms with Crippen LogP contribution in [0.25, 0.3) is 0 Å². The third-order valence-corrected chi connectivity index (χ3v) is 6.70. The number of unbranched alkanes of at least 4 members (excludes halogenated alkanes) is 13. The fourth-order valence-electron chi connectivity index (χ4n) is 3.47. The number of aryl methyl sites for hydroxylation is 1. The number of aromatic hydroxyl groups is 2. The zero-order chi connectivity index (χ0) is 21.5. The predicted octanol–water partition coefficient (Wildman–Crippen LogP) is 6.63. The lowest BCUT2D eigenvalue weighted by atomic mass is 10.0. The van der Waals surface area contributed by atoms with Gasteiger partial charge in [-0.2, -0.15) is 0 Å².